The van der Waals surface area contributed by atoms with Crippen LogP contribution in [0.1, 0.15) is 10.4 Å². The summed E-state index contributed by atoms with van der Waals surface area (Å²) in [6, 6.07) is 6.23. The van der Waals surface area contributed by atoms with E-state index in [0.29, 0.717) is 10.6 Å². The van der Waals surface area contributed by atoms with Crippen molar-refractivity contribution in [3.05, 3.63) is 34.9 Å². The molecule has 2 amide bonds. The van der Waals surface area contributed by atoms with E-state index in [0.717, 1.165) is 0 Å². The number of rotatable bonds is 5. The van der Waals surface area contributed by atoms with Gasteiger partial charge < -0.3 is 15.0 Å². The lowest BCUT2D eigenvalue weighted by Gasteiger charge is -2.10. The average Bonchev–Trinajstić information content (AvgIpc) is 2.42. The number of likely N-dealkylation sites (N-methyl/N-ethyl adjacent to an activating group) is 1. The minimum absolute atomic E-state index is 0.303. The number of esters is 1. The fourth-order valence-corrected chi connectivity index (χ4v) is 1.30. The van der Waals surface area contributed by atoms with Crippen LogP contribution in [0.25, 0.3) is 0 Å². The molecular weight excluding hydrogens is 284 g/mol. The van der Waals surface area contributed by atoms with Gasteiger partial charge in [-0.15, -0.1) is 0 Å². The standard InChI is InChI=1S/C13H15ClN2O4/c1-16(2)11(17)8-20-12(18)7-15-13(19)9-3-5-10(14)6-4-9/h3-6H,7-8H2,1-2H3,(H,15,19). The van der Waals surface area contributed by atoms with Crippen molar-refractivity contribution in [1.82, 2.24) is 10.2 Å². The van der Waals surface area contributed by atoms with Gasteiger partial charge in [0.25, 0.3) is 11.8 Å². The second-order valence-electron chi connectivity index (χ2n) is 4.14. The van der Waals surface area contributed by atoms with Gasteiger partial charge in [0, 0.05) is 24.7 Å². The number of halogens is 1. The number of amides is 2. The molecule has 0 atom stereocenters. The molecule has 0 aromatic heterocycles. The van der Waals surface area contributed by atoms with Crippen molar-refractivity contribution >= 4 is 29.4 Å². The molecule has 0 saturated carbocycles. The van der Waals surface area contributed by atoms with Crippen molar-refractivity contribution < 1.29 is 19.1 Å². The van der Waals surface area contributed by atoms with Gasteiger partial charge in [0.2, 0.25) is 0 Å². The summed E-state index contributed by atoms with van der Waals surface area (Å²) in [7, 11) is 3.11. The fraction of sp³-hybridized carbons (Fsp3) is 0.308. The van der Waals surface area contributed by atoms with E-state index in [4.69, 9.17) is 16.3 Å². The van der Waals surface area contributed by atoms with Crippen LogP contribution in [0.3, 0.4) is 0 Å². The normalized spacial score (nSPS) is 9.75. The molecule has 1 aromatic rings. The highest BCUT2D eigenvalue weighted by Gasteiger charge is 2.11. The van der Waals surface area contributed by atoms with Crippen LogP contribution in [-0.2, 0) is 14.3 Å². The number of carbonyl (C=O) groups is 3. The Morgan fingerprint density at radius 3 is 2.35 bits per heavy atom. The van der Waals surface area contributed by atoms with Crippen molar-refractivity contribution in [2.24, 2.45) is 0 Å². The summed E-state index contributed by atoms with van der Waals surface area (Å²) >= 11 is 5.70. The second-order valence-corrected chi connectivity index (χ2v) is 4.57. The Hall–Kier alpha value is -2.08. The molecule has 0 saturated heterocycles. The Morgan fingerprint density at radius 2 is 1.80 bits per heavy atom. The summed E-state index contributed by atoms with van der Waals surface area (Å²) in [5.41, 5.74) is 0.381. The van der Waals surface area contributed by atoms with Crippen LogP contribution in [-0.4, -0.2) is 49.9 Å². The zero-order chi connectivity index (χ0) is 15.1. The molecule has 7 heteroatoms. The van der Waals surface area contributed by atoms with Crippen molar-refractivity contribution in [2.75, 3.05) is 27.2 Å². The zero-order valence-electron chi connectivity index (χ0n) is 11.2. The monoisotopic (exact) mass is 298 g/mol. The Labute approximate surface area is 121 Å². The Kier molecular flexibility index (Phi) is 5.99. The number of nitrogens with zero attached hydrogens (tertiary/aromatic N) is 1. The first kappa shape index (κ1) is 16.0. The lowest BCUT2D eigenvalue weighted by molar-refractivity contribution is -0.150. The summed E-state index contributed by atoms with van der Waals surface area (Å²) in [6.07, 6.45) is 0. The molecular formula is C13H15ClN2O4. The average molecular weight is 299 g/mol. The van der Waals surface area contributed by atoms with E-state index in [9.17, 15) is 14.4 Å². The van der Waals surface area contributed by atoms with Crippen molar-refractivity contribution in [2.45, 2.75) is 0 Å². The number of hydrogen-bond acceptors (Lipinski definition) is 4. The molecule has 20 heavy (non-hydrogen) atoms. The molecule has 108 valence electrons. The quantitative estimate of drug-likeness (QED) is 0.812. The third kappa shape index (κ3) is 5.27. The van der Waals surface area contributed by atoms with E-state index < -0.39 is 11.9 Å². The Morgan fingerprint density at radius 1 is 1.20 bits per heavy atom. The van der Waals surface area contributed by atoms with E-state index in [2.05, 4.69) is 5.32 Å². The molecule has 1 rings (SSSR count). The number of benzene rings is 1. The van der Waals surface area contributed by atoms with Gasteiger partial charge in [0.1, 0.15) is 6.54 Å². The van der Waals surface area contributed by atoms with Gasteiger partial charge >= 0.3 is 5.97 Å². The smallest absolute Gasteiger partial charge is 0.325 e. The minimum Gasteiger partial charge on any atom is -0.454 e. The van der Waals surface area contributed by atoms with Crippen LogP contribution in [0.2, 0.25) is 5.02 Å². The van der Waals surface area contributed by atoms with Crippen LogP contribution in [0.4, 0.5) is 0 Å². The molecule has 0 heterocycles. The predicted octanol–water partition coefficient (Wildman–Crippen LogP) is 0.701. The van der Waals surface area contributed by atoms with Crippen molar-refractivity contribution in [1.29, 1.82) is 0 Å². The van der Waals surface area contributed by atoms with Crippen LogP contribution in [0.15, 0.2) is 24.3 Å². The highest BCUT2D eigenvalue weighted by Crippen LogP contribution is 2.09. The summed E-state index contributed by atoms with van der Waals surface area (Å²) < 4.78 is 4.70. The van der Waals surface area contributed by atoms with Gasteiger partial charge in [0.15, 0.2) is 6.61 Å². The maximum Gasteiger partial charge on any atom is 0.325 e. The van der Waals surface area contributed by atoms with E-state index in [1.807, 2.05) is 0 Å². The van der Waals surface area contributed by atoms with Crippen molar-refractivity contribution in [3.63, 3.8) is 0 Å². The van der Waals surface area contributed by atoms with Gasteiger partial charge in [-0.2, -0.15) is 0 Å². The first-order valence-electron chi connectivity index (χ1n) is 5.79. The Balaban J connectivity index is 2.35. The molecule has 0 aliphatic heterocycles. The van der Waals surface area contributed by atoms with Crippen LogP contribution in [0, 0.1) is 0 Å². The molecule has 0 unspecified atom stereocenters. The number of carbonyl (C=O) groups excluding carboxylic acids is 3. The van der Waals surface area contributed by atoms with Crippen LogP contribution >= 0.6 is 11.6 Å². The highest BCUT2D eigenvalue weighted by atomic mass is 35.5. The van der Waals surface area contributed by atoms with Gasteiger partial charge in [-0.3, -0.25) is 14.4 Å². The molecule has 1 N–H and O–H groups in total. The van der Waals surface area contributed by atoms with Gasteiger partial charge in [0.05, 0.1) is 0 Å². The van der Waals surface area contributed by atoms with Crippen molar-refractivity contribution in [3.8, 4) is 0 Å². The summed E-state index contributed by atoms with van der Waals surface area (Å²) in [6.45, 7) is -0.648. The summed E-state index contributed by atoms with van der Waals surface area (Å²) in [4.78, 5) is 35.5. The lowest BCUT2D eigenvalue weighted by atomic mass is 10.2. The molecule has 0 bridgehead atoms. The first-order valence-corrected chi connectivity index (χ1v) is 6.17. The lowest BCUT2D eigenvalue weighted by Crippen LogP contribution is -2.33. The molecule has 1 aromatic carbocycles. The molecule has 0 fully saturated rings. The zero-order valence-corrected chi connectivity index (χ0v) is 11.9. The van der Waals surface area contributed by atoms with Gasteiger partial charge in [-0.05, 0) is 24.3 Å². The van der Waals surface area contributed by atoms with E-state index >= 15 is 0 Å². The van der Waals surface area contributed by atoms with E-state index in [1.165, 1.54) is 4.90 Å². The molecule has 6 nitrogen and oxygen atoms in total. The predicted molar refractivity (Wildman–Crippen MR) is 73.4 cm³/mol. The second kappa shape index (κ2) is 7.49. The number of hydrogen-bond donors (Lipinski definition) is 1. The highest BCUT2D eigenvalue weighted by molar-refractivity contribution is 6.30. The maximum absolute atomic E-state index is 11.7. The fourth-order valence-electron chi connectivity index (χ4n) is 1.18. The molecule has 0 radical (unpaired) electrons. The van der Waals surface area contributed by atoms with Gasteiger partial charge in [-0.25, -0.2) is 0 Å². The summed E-state index contributed by atoms with van der Waals surface area (Å²) in [5.74, 6) is -1.43. The number of nitrogens with one attached hydrogen (secondary N) is 1. The SMILES string of the molecule is CN(C)C(=O)COC(=O)CNC(=O)c1ccc(Cl)cc1. The Bertz CT molecular complexity index is 500. The van der Waals surface area contributed by atoms with Crippen LogP contribution < -0.4 is 5.32 Å². The maximum atomic E-state index is 11.7. The first-order chi connectivity index (χ1) is 9.40. The third-order valence-electron chi connectivity index (χ3n) is 2.36. The van der Waals surface area contributed by atoms with E-state index in [1.54, 1.807) is 38.4 Å². The van der Waals surface area contributed by atoms with Gasteiger partial charge in [-0.1, -0.05) is 11.6 Å². The largest absolute Gasteiger partial charge is 0.454 e. The third-order valence-corrected chi connectivity index (χ3v) is 2.61. The topological polar surface area (TPSA) is 75.7 Å². The number of ether oxygens (including phenoxy) is 1. The molecule has 0 aliphatic carbocycles. The molecule has 0 spiro atoms. The van der Waals surface area contributed by atoms with Crippen LogP contribution in [0.5, 0.6) is 0 Å². The molecule has 0 aliphatic rings. The summed E-state index contributed by atoms with van der Waals surface area (Å²) in [5, 5.41) is 2.91. The van der Waals surface area contributed by atoms with E-state index in [-0.39, 0.29) is 19.1 Å². The minimum atomic E-state index is -0.678.